The Kier molecular flexibility index (Phi) is 3.55. The average Bonchev–Trinajstić information content (AvgIpc) is 2.37. The van der Waals surface area contributed by atoms with Gasteiger partial charge in [-0.15, -0.1) is 0 Å². The van der Waals surface area contributed by atoms with Crippen LogP contribution in [0, 0.1) is 6.92 Å². The van der Waals surface area contributed by atoms with Gasteiger partial charge in [0.15, 0.2) is 0 Å². The highest BCUT2D eigenvalue weighted by Gasteiger charge is 2.01. The van der Waals surface area contributed by atoms with E-state index in [9.17, 15) is 0 Å². The lowest BCUT2D eigenvalue weighted by molar-refractivity contribution is 1.39. The van der Waals surface area contributed by atoms with Gasteiger partial charge in [0.25, 0.3) is 0 Å². The molecule has 0 heterocycles. The lowest BCUT2D eigenvalue weighted by Crippen LogP contribution is -2.13. The molecule has 2 aromatic rings. The summed E-state index contributed by atoms with van der Waals surface area (Å²) in [7, 11) is 1.80. The Hall–Kier alpha value is -2.09. The van der Waals surface area contributed by atoms with Gasteiger partial charge in [-0.05, 0) is 24.6 Å². The molecule has 2 rings (SSSR count). The number of hydrogen-bond donors (Lipinski definition) is 1. The maximum absolute atomic E-state index is 4.29. The van der Waals surface area contributed by atoms with Crippen LogP contribution in [0.5, 0.6) is 0 Å². The van der Waals surface area contributed by atoms with Crippen LogP contribution in [0.3, 0.4) is 0 Å². The largest absolute Gasteiger partial charge is 0.340 e. The molecule has 0 fully saturated rings. The molecule has 0 unspecified atom stereocenters. The molecule has 1 N–H and O–H groups in total. The van der Waals surface area contributed by atoms with Gasteiger partial charge in [0.1, 0.15) is 5.84 Å². The fourth-order valence-corrected chi connectivity index (χ4v) is 1.71. The van der Waals surface area contributed by atoms with Crippen LogP contribution in [0.25, 0.3) is 0 Å². The van der Waals surface area contributed by atoms with Crippen LogP contribution in [0.15, 0.2) is 59.6 Å². The van der Waals surface area contributed by atoms with Crippen LogP contribution in [-0.4, -0.2) is 12.9 Å². The first-order valence-corrected chi connectivity index (χ1v) is 5.65. The molecular weight excluding hydrogens is 208 g/mol. The standard InChI is InChI=1S/C15H16N2/c1-12-7-6-10-14(11-12)17-15(16-2)13-8-4-3-5-9-13/h3-11H,1-2H3,(H,16,17). The Morgan fingerprint density at radius 3 is 2.41 bits per heavy atom. The molecule has 0 bridgehead atoms. The summed E-state index contributed by atoms with van der Waals surface area (Å²) in [6.07, 6.45) is 0. The zero-order valence-corrected chi connectivity index (χ0v) is 10.1. The van der Waals surface area contributed by atoms with Crippen molar-refractivity contribution in [3.05, 3.63) is 65.7 Å². The van der Waals surface area contributed by atoms with Crippen molar-refractivity contribution in [1.29, 1.82) is 0 Å². The van der Waals surface area contributed by atoms with E-state index < -0.39 is 0 Å². The van der Waals surface area contributed by atoms with Crippen molar-refractivity contribution in [3.8, 4) is 0 Å². The minimum atomic E-state index is 0.885. The van der Waals surface area contributed by atoms with Crippen LogP contribution < -0.4 is 5.32 Å². The van der Waals surface area contributed by atoms with Crippen molar-refractivity contribution < 1.29 is 0 Å². The zero-order chi connectivity index (χ0) is 12.1. The monoisotopic (exact) mass is 224 g/mol. The summed E-state index contributed by atoms with van der Waals surface area (Å²) in [5.41, 5.74) is 3.39. The van der Waals surface area contributed by atoms with Crippen LogP contribution in [0.4, 0.5) is 5.69 Å². The molecule has 86 valence electrons. The van der Waals surface area contributed by atoms with Crippen LogP contribution >= 0.6 is 0 Å². The third-order valence-electron chi connectivity index (χ3n) is 2.55. The number of hydrogen-bond acceptors (Lipinski definition) is 1. The SMILES string of the molecule is CN=C(Nc1cccc(C)c1)c1ccccc1. The number of amidine groups is 1. The van der Waals surface area contributed by atoms with E-state index in [0.29, 0.717) is 0 Å². The van der Waals surface area contributed by atoms with Gasteiger partial charge in [0.05, 0.1) is 0 Å². The first kappa shape index (κ1) is 11.4. The van der Waals surface area contributed by atoms with Gasteiger partial charge in [0.2, 0.25) is 0 Å². The fourth-order valence-electron chi connectivity index (χ4n) is 1.71. The Morgan fingerprint density at radius 1 is 1.00 bits per heavy atom. The molecular formula is C15H16N2. The van der Waals surface area contributed by atoms with E-state index in [0.717, 1.165) is 17.1 Å². The topological polar surface area (TPSA) is 24.4 Å². The minimum Gasteiger partial charge on any atom is -0.340 e. The van der Waals surface area contributed by atoms with Crippen molar-refractivity contribution >= 4 is 11.5 Å². The molecule has 17 heavy (non-hydrogen) atoms. The number of nitrogens with zero attached hydrogens (tertiary/aromatic N) is 1. The highest BCUT2D eigenvalue weighted by Crippen LogP contribution is 2.11. The molecule has 2 heteroatoms. The molecule has 0 aliphatic carbocycles. The Bertz CT molecular complexity index is 515. The van der Waals surface area contributed by atoms with Gasteiger partial charge >= 0.3 is 0 Å². The highest BCUT2D eigenvalue weighted by molar-refractivity contribution is 6.08. The zero-order valence-electron chi connectivity index (χ0n) is 10.1. The van der Waals surface area contributed by atoms with E-state index >= 15 is 0 Å². The van der Waals surface area contributed by atoms with Gasteiger partial charge in [0, 0.05) is 18.3 Å². The Morgan fingerprint density at radius 2 is 1.76 bits per heavy atom. The Labute approximate surface area is 102 Å². The van der Waals surface area contributed by atoms with Crippen molar-refractivity contribution in [1.82, 2.24) is 0 Å². The summed E-state index contributed by atoms with van der Waals surface area (Å²) in [6, 6.07) is 18.4. The number of rotatable bonds is 2. The lowest BCUT2D eigenvalue weighted by Gasteiger charge is -2.10. The molecule has 0 atom stereocenters. The number of nitrogens with one attached hydrogen (secondary N) is 1. The number of anilines is 1. The molecule has 0 aromatic heterocycles. The summed E-state index contributed by atoms with van der Waals surface area (Å²) < 4.78 is 0. The number of benzene rings is 2. The maximum Gasteiger partial charge on any atom is 0.132 e. The van der Waals surface area contributed by atoms with E-state index in [1.807, 2.05) is 42.5 Å². The molecule has 0 radical (unpaired) electrons. The number of aliphatic imine (C=N–C) groups is 1. The highest BCUT2D eigenvalue weighted by atomic mass is 15.0. The predicted molar refractivity (Wildman–Crippen MR) is 73.7 cm³/mol. The van der Waals surface area contributed by atoms with Gasteiger partial charge in [-0.2, -0.15) is 0 Å². The minimum absolute atomic E-state index is 0.885. The molecule has 0 saturated heterocycles. The molecule has 0 aliphatic heterocycles. The van der Waals surface area contributed by atoms with Crippen molar-refractivity contribution in [2.75, 3.05) is 12.4 Å². The number of aryl methyl sites for hydroxylation is 1. The second kappa shape index (κ2) is 5.30. The first-order valence-electron chi connectivity index (χ1n) is 5.65. The van der Waals surface area contributed by atoms with Crippen LogP contribution in [0.1, 0.15) is 11.1 Å². The van der Waals surface area contributed by atoms with E-state index in [4.69, 9.17) is 0 Å². The van der Waals surface area contributed by atoms with E-state index in [2.05, 4.69) is 29.4 Å². The predicted octanol–water partition coefficient (Wildman–Crippen LogP) is 3.48. The van der Waals surface area contributed by atoms with Gasteiger partial charge in [-0.25, -0.2) is 0 Å². The second-order valence-corrected chi connectivity index (χ2v) is 3.93. The molecule has 0 saturated carbocycles. The third kappa shape index (κ3) is 2.94. The van der Waals surface area contributed by atoms with Crippen LogP contribution in [-0.2, 0) is 0 Å². The van der Waals surface area contributed by atoms with Crippen molar-refractivity contribution in [2.45, 2.75) is 6.92 Å². The second-order valence-electron chi connectivity index (χ2n) is 3.93. The quantitative estimate of drug-likeness (QED) is 0.613. The van der Waals surface area contributed by atoms with E-state index in [1.165, 1.54) is 5.56 Å². The molecule has 2 nitrogen and oxygen atoms in total. The Balaban J connectivity index is 2.23. The van der Waals surface area contributed by atoms with Crippen LogP contribution in [0.2, 0.25) is 0 Å². The third-order valence-corrected chi connectivity index (χ3v) is 2.55. The lowest BCUT2D eigenvalue weighted by atomic mass is 10.2. The molecule has 0 spiro atoms. The van der Waals surface area contributed by atoms with Gasteiger partial charge in [-0.1, -0.05) is 42.5 Å². The van der Waals surface area contributed by atoms with E-state index in [1.54, 1.807) is 7.05 Å². The average molecular weight is 224 g/mol. The summed E-state index contributed by atoms with van der Waals surface area (Å²) in [4.78, 5) is 4.29. The van der Waals surface area contributed by atoms with Crippen molar-refractivity contribution in [3.63, 3.8) is 0 Å². The summed E-state index contributed by atoms with van der Waals surface area (Å²) in [5.74, 6) is 0.885. The van der Waals surface area contributed by atoms with Crippen molar-refractivity contribution in [2.24, 2.45) is 4.99 Å². The van der Waals surface area contributed by atoms with Gasteiger partial charge in [-0.3, -0.25) is 4.99 Å². The summed E-state index contributed by atoms with van der Waals surface area (Å²) >= 11 is 0. The first-order chi connectivity index (χ1) is 8.29. The molecule has 0 amide bonds. The van der Waals surface area contributed by atoms with E-state index in [-0.39, 0.29) is 0 Å². The van der Waals surface area contributed by atoms with Gasteiger partial charge < -0.3 is 5.32 Å². The normalized spacial score (nSPS) is 11.3. The molecule has 2 aromatic carbocycles. The maximum atomic E-state index is 4.29. The summed E-state index contributed by atoms with van der Waals surface area (Å²) in [5, 5.41) is 3.34. The summed E-state index contributed by atoms with van der Waals surface area (Å²) in [6.45, 7) is 2.08. The molecule has 0 aliphatic rings. The fraction of sp³-hybridized carbons (Fsp3) is 0.133. The smallest absolute Gasteiger partial charge is 0.132 e.